The Labute approximate surface area is 413 Å². The lowest BCUT2D eigenvalue weighted by Gasteiger charge is -2.30. The van der Waals surface area contributed by atoms with E-state index in [0.717, 1.165) is 41.0 Å². The molecule has 5 aromatic rings. The van der Waals surface area contributed by atoms with Crippen LogP contribution in [0.1, 0.15) is 27.8 Å². The van der Waals surface area contributed by atoms with Gasteiger partial charge in [0.25, 0.3) is 17.7 Å². The molecule has 3 unspecified atom stereocenters. The number of nitrogens with zero attached hydrogens (tertiary/aromatic N) is 6. The summed E-state index contributed by atoms with van der Waals surface area (Å²) in [6.07, 6.45) is -9.45. The van der Waals surface area contributed by atoms with E-state index < -0.39 is 62.4 Å². The lowest BCUT2D eigenvalue weighted by molar-refractivity contribution is -0.138. The molecule has 2 aliphatic heterocycles. The van der Waals surface area contributed by atoms with Crippen molar-refractivity contribution >= 4 is 129 Å². The minimum absolute atomic E-state index is 0.121. The maximum atomic E-state index is 13.6. The van der Waals surface area contributed by atoms with Gasteiger partial charge in [-0.2, -0.15) is 39.9 Å². The maximum Gasteiger partial charge on any atom is 0.457 e. The number of halogens is 14. The Kier molecular flexibility index (Phi) is 18.3. The number of phenolic OH excluding ortho intramolecular Hbond substituents is 1. The molecule has 7 rings (SSSR count). The van der Waals surface area contributed by atoms with E-state index in [0.29, 0.717) is 17.9 Å². The van der Waals surface area contributed by atoms with Gasteiger partial charge >= 0.3 is 33.6 Å². The van der Waals surface area contributed by atoms with Crippen molar-refractivity contribution in [1.82, 2.24) is 0 Å². The zero-order valence-corrected chi connectivity index (χ0v) is 44.7. The molecule has 2 heterocycles. The van der Waals surface area contributed by atoms with Gasteiger partial charge in [-0.05, 0) is 200 Å². The second-order valence-corrected chi connectivity index (χ2v) is 36.5. The van der Waals surface area contributed by atoms with Crippen LogP contribution >= 0.6 is 129 Å². The predicted molar refractivity (Wildman–Crippen MR) is 264 cm³/mol. The average Bonchev–Trinajstić information content (AvgIpc) is 3.12. The normalized spacial score (nSPS) is 22.4. The predicted octanol–water partition coefficient (Wildman–Crippen LogP) is 22.3. The van der Waals surface area contributed by atoms with Gasteiger partial charge in [0.15, 0.2) is 0 Å². The molecule has 31 heteroatoms. The number of aromatic hydroxyl groups is 1. The molecule has 0 spiro atoms. The second kappa shape index (κ2) is 21.8. The summed E-state index contributed by atoms with van der Waals surface area (Å²) in [6, 6.07) is 27.9. The Morgan fingerprint density at radius 3 is 1.11 bits per heavy atom. The number of aryl methyl sites for hydroxylation is 3. The van der Waals surface area contributed by atoms with Crippen LogP contribution in [-0.4, -0.2) is 5.11 Å². The monoisotopic (exact) mass is 1190 g/mol. The highest BCUT2D eigenvalue weighted by atomic mass is 35.9. The maximum absolute atomic E-state index is 13.6. The van der Waals surface area contributed by atoms with Crippen LogP contribution in [0.4, 0.5) is 26.3 Å². The van der Waals surface area contributed by atoms with Crippen molar-refractivity contribution in [3.05, 3.63) is 149 Å². The minimum atomic E-state index is -4.73. The van der Waals surface area contributed by atoms with Crippen LogP contribution in [0.15, 0.2) is 148 Å². The summed E-state index contributed by atoms with van der Waals surface area (Å²) in [5.74, 6) is -8.82. The van der Waals surface area contributed by atoms with Crippen LogP contribution < -0.4 is 18.1 Å². The van der Waals surface area contributed by atoms with Crippen molar-refractivity contribution in [2.45, 2.75) is 33.1 Å². The first kappa shape index (κ1) is 55.3. The van der Waals surface area contributed by atoms with Crippen molar-refractivity contribution in [2.75, 3.05) is 0 Å². The van der Waals surface area contributed by atoms with E-state index in [4.69, 9.17) is 113 Å². The lowest BCUT2D eigenvalue weighted by Crippen LogP contribution is -2.07. The fourth-order valence-electron chi connectivity index (χ4n) is 5.05. The number of benzene rings is 5. The van der Waals surface area contributed by atoms with E-state index in [1.54, 1.807) is 68.4 Å². The van der Waals surface area contributed by atoms with E-state index >= 15 is 0 Å². The number of hydrogen-bond acceptors (Lipinski definition) is 11. The molecule has 0 fully saturated rings. The summed E-state index contributed by atoms with van der Waals surface area (Å²) in [4.78, 5) is 0. The summed E-state index contributed by atoms with van der Waals surface area (Å²) in [5.41, 5.74) is 0.495. The zero-order valence-electron chi connectivity index (χ0n) is 33.3. The molecule has 0 saturated heterocycles. The lowest BCUT2D eigenvalue weighted by atomic mass is 10.2. The van der Waals surface area contributed by atoms with Gasteiger partial charge in [0, 0.05) is 0 Å². The zero-order chi connectivity index (χ0) is 49.0. The SMILES string of the molecule is Cc1cccc(O)c1.Cc1cccc(OP2(Cl)=NP(Oc3cccc(C)c3)(Oc3cccc(C(F)(F)F)c3)=NP(Cl)(Oc3cccc(C(F)(F)F)c3)=N2)c1.ClP1(Cl)=NP(Cl)(Cl)=NP(Cl)(Cl)=N1. The smallest absolute Gasteiger partial charge is 0.457 e. The van der Waals surface area contributed by atoms with Crippen molar-refractivity contribution in [3.8, 4) is 28.7 Å². The Hall–Kier alpha value is -1.62. The summed E-state index contributed by atoms with van der Waals surface area (Å²) in [5, 5.41) is 8.81. The molecule has 3 atom stereocenters. The third kappa shape index (κ3) is 17.4. The topological polar surface area (TPSA) is 131 Å². The number of hydrogen-bond donors (Lipinski definition) is 1. The first-order chi connectivity index (χ1) is 30.3. The van der Waals surface area contributed by atoms with Crippen LogP contribution in [0, 0.1) is 20.8 Å². The highest BCUT2D eigenvalue weighted by molar-refractivity contribution is 8.26. The fourth-order valence-corrected chi connectivity index (χ4v) is 35.3. The molecule has 0 bridgehead atoms. The van der Waals surface area contributed by atoms with Crippen LogP contribution in [0.5, 0.6) is 28.7 Å². The van der Waals surface area contributed by atoms with Gasteiger partial charge in [-0.15, -0.1) is 13.5 Å². The van der Waals surface area contributed by atoms with Gasteiger partial charge < -0.3 is 23.2 Å². The highest BCUT2D eigenvalue weighted by Crippen LogP contribution is 2.88. The summed E-state index contributed by atoms with van der Waals surface area (Å²) in [7, 11) is -4.35. The molecule has 5 aromatic carbocycles. The first-order valence-corrected chi connectivity index (χ1v) is 34.8. The molecule has 0 aliphatic carbocycles. The number of rotatable bonds is 8. The van der Waals surface area contributed by atoms with Gasteiger partial charge in [-0.3, -0.25) is 0 Å². The van der Waals surface area contributed by atoms with E-state index in [1.807, 2.05) is 19.1 Å². The van der Waals surface area contributed by atoms with Gasteiger partial charge in [0.05, 0.1) is 11.1 Å². The molecule has 66 heavy (non-hydrogen) atoms. The van der Waals surface area contributed by atoms with Gasteiger partial charge in [0.2, 0.25) is 0 Å². The van der Waals surface area contributed by atoms with Crippen LogP contribution in [0.3, 0.4) is 0 Å². The molecule has 0 radical (unpaired) electrons. The Bertz CT molecular complexity index is 2880. The second-order valence-electron chi connectivity index (χ2n) is 13.2. The molecule has 2 aliphatic rings. The standard InChI is InChI=1S/C28H22Cl2F6N3O4P3.C7H8O.Cl6N3P3/c1-19-7-3-11-23(15-19)40-44(29)37-45(30,41-25-13-5-9-21(17-25)27(31,32)33)39-46(38-44,42-24-12-4-8-20(2)16-24)43-26-14-6-10-22(18-26)28(34,35)36;1-6-3-2-4-7(8)5-6;1-10(2)7-11(3,4)9-12(5,6)8-10/h3-18H,1-2H3;2-5,8H,1H3;. The van der Waals surface area contributed by atoms with Crippen molar-refractivity contribution in [3.63, 3.8) is 0 Å². The Morgan fingerprint density at radius 1 is 0.409 bits per heavy atom. The van der Waals surface area contributed by atoms with E-state index in [-0.39, 0.29) is 23.0 Å². The first-order valence-electron chi connectivity index (χ1n) is 17.8. The van der Waals surface area contributed by atoms with Crippen LogP contribution in [-0.2, 0) is 12.4 Å². The third-order valence-electron chi connectivity index (χ3n) is 7.51. The summed E-state index contributed by atoms with van der Waals surface area (Å²) >= 11 is 47.7. The van der Waals surface area contributed by atoms with Gasteiger partial charge in [0.1, 0.15) is 28.7 Å². The van der Waals surface area contributed by atoms with Gasteiger partial charge in [-0.1, -0.05) is 48.5 Å². The third-order valence-corrected chi connectivity index (χ3v) is 29.9. The van der Waals surface area contributed by atoms with E-state index in [1.165, 1.54) is 18.2 Å². The van der Waals surface area contributed by atoms with Crippen LogP contribution in [0.2, 0.25) is 0 Å². The molecule has 11 nitrogen and oxygen atoms in total. The van der Waals surface area contributed by atoms with Crippen LogP contribution in [0.25, 0.3) is 0 Å². The quantitative estimate of drug-likeness (QED) is 0.122. The summed E-state index contributed by atoms with van der Waals surface area (Å²) < 4.78 is 130. The molecular weight excluding hydrogens is 1170 g/mol. The molecule has 0 aromatic heterocycles. The fraction of sp³-hybridized carbons (Fsp3) is 0.143. The largest absolute Gasteiger partial charge is 0.508 e. The highest BCUT2D eigenvalue weighted by Gasteiger charge is 2.44. The minimum Gasteiger partial charge on any atom is -0.508 e. The van der Waals surface area contributed by atoms with Gasteiger partial charge in [-0.25, -0.2) is 0 Å². The molecule has 358 valence electrons. The van der Waals surface area contributed by atoms with E-state index in [9.17, 15) is 26.3 Å². The molecule has 1 N–H and O–H groups in total. The Balaban J connectivity index is 0.000000334. The Morgan fingerprint density at radius 2 is 0.742 bits per heavy atom. The number of phenols is 1. The van der Waals surface area contributed by atoms with Crippen molar-refractivity contribution in [1.29, 1.82) is 0 Å². The molecular formula is C35H30Cl8F6N6O5P6. The van der Waals surface area contributed by atoms with Crippen molar-refractivity contribution < 1.29 is 49.5 Å². The van der Waals surface area contributed by atoms with E-state index in [2.05, 4.69) is 27.1 Å². The summed E-state index contributed by atoms with van der Waals surface area (Å²) in [6.45, 7) is -2.85. The van der Waals surface area contributed by atoms with Crippen molar-refractivity contribution in [2.24, 2.45) is 27.1 Å². The molecule has 0 saturated carbocycles. The average molecular weight is 1200 g/mol. The number of alkyl halides is 6. The molecule has 0 amide bonds.